The van der Waals surface area contributed by atoms with Gasteiger partial charge >= 0.3 is 0 Å². The number of benzene rings is 3. The molecule has 0 aromatic heterocycles. The summed E-state index contributed by atoms with van der Waals surface area (Å²) in [5.74, 6) is -1.29. The Kier molecular flexibility index (Phi) is 5.52. The summed E-state index contributed by atoms with van der Waals surface area (Å²) in [5, 5.41) is 10.4. The van der Waals surface area contributed by atoms with Crippen LogP contribution in [0.15, 0.2) is 91.0 Å². The van der Waals surface area contributed by atoms with Gasteiger partial charge in [-0.1, -0.05) is 91.0 Å². The first-order valence-corrected chi connectivity index (χ1v) is 8.63. The molecule has 0 fully saturated rings. The van der Waals surface area contributed by atoms with E-state index in [1.54, 1.807) is 14.2 Å². The number of hydrogen-bond donors (Lipinski definition) is 1. The zero-order chi connectivity index (χ0) is 18.5. The van der Waals surface area contributed by atoms with Gasteiger partial charge in [-0.05, 0) is 16.7 Å². The van der Waals surface area contributed by atoms with Crippen molar-refractivity contribution in [3.05, 3.63) is 108 Å². The van der Waals surface area contributed by atoms with E-state index >= 15 is 0 Å². The molecule has 0 aliphatic carbocycles. The first-order valence-electron chi connectivity index (χ1n) is 8.63. The van der Waals surface area contributed by atoms with Crippen molar-refractivity contribution >= 4 is 0 Å². The lowest BCUT2D eigenvalue weighted by Crippen LogP contribution is -2.58. The van der Waals surface area contributed by atoms with Gasteiger partial charge < -0.3 is 14.6 Å². The molecule has 0 spiro atoms. The molecular weight excluding hydrogens is 324 g/mol. The average molecular weight is 348 g/mol. The van der Waals surface area contributed by atoms with E-state index in [9.17, 15) is 5.11 Å². The van der Waals surface area contributed by atoms with Crippen molar-refractivity contribution in [3.63, 3.8) is 0 Å². The van der Waals surface area contributed by atoms with Gasteiger partial charge in [0.05, 0.1) is 6.61 Å². The summed E-state index contributed by atoms with van der Waals surface area (Å²) < 4.78 is 11.8. The summed E-state index contributed by atoms with van der Waals surface area (Å²) >= 11 is 0. The molecule has 0 unspecified atom stereocenters. The Morgan fingerprint density at radius 2 is 0.923 bits per heavy atom. The predicted octanol–water partition coefficient (Wildman–Crippen LogP) is 4.00. The van der Waals surface area contributed by atoms with Gasteiger partial charge in [0, 0.05) is 14.2 Å². The molecule has 0 radical (unpaired) electrons. The summed E-state index contributed by atoms with van der Waals surface area (Å²) in [5.41, 5.74) is 2.09. The number of methoxy groups -OCH3 is 2. The minimum Gasteiger partial charge on any atom is -0.391 e. The van der Waals surface area contributed by atoms with Crippen LogP contribution >= 0.6 is 0 Å². The molecule has 0 aliphatic rings. The first kappa shape index (κ1) is 18.3. The van der Waals surface area contributed by atoms with Crippen LogP contribution in [0.2, 0.25) is 0 Å². The van der Waals surface area contributed by atoms with E-state index in [1.807, 2.05) is 91.0 Å². The highest BCUT2D eigenvalue weighted by Crippen LogP contribution is 2.49. The lowest BCUT2D eigenvalue weighted by Gasteiger charge is -2.48. The standard InChI is InChI=1S/C23H24O3/c1-25-22(18-24,26-2)23(19-12-6-3-7-13-19,20-14-8-4-9-15-20)21-16-10-5-11-17-21/h3-17,24H,18H2,1-2H3. The minimum atomic E-state index is -1.29. The van der Waals surface area contributed by atoms with Crippen molar-refractivity contribution in [2.45, 2.75) is 11.2 Å². The quantitative estimate of drug-likeness (QED) is 0.518. The molecule has 3 heteroatoms. The van der Waals surface area contributed by atoms with Gasteiger partial charge in [0.1, 0.15) is 5.41 Å². The first-order chi connectivity index (χ1) is 12.7. The largest absolute Gasteiger partial charge is 0.391 e. The third kappa shape index (κ3) is 2.74. The monoisotopic (exact) mass is 348 g/mol. The molecule has 0 atom stereocenters. The van der Waals surface area contributed by atoms with E-state index in [-0.39, 0.29) is 6.61 Å². The third-order valence-electron chi connectivity index (χ3n) is 5.06. The number of ether oxygens (including phenoxy) is 2. The van der Waals surface area contributed by atoms with Crippen molar-refractivity contribution < 1.29 is 14.6 Å². The predicted molar refractivity (Wildman–Crippen MR) is 103 cm³/mol. The lowest BCUT2D eigenvalue weighted by atomic mass is 9.63. The van der Waals surface area contributed by atoms with E-state index in [2.05, 4.69) is 0 Å². The molecule has 0 heterocycles. The van der Waals surface area contributed by atoms with Crippen LogP contribution in [0, 0.1) is 0 Å². The van der Waals surface area contributed by atoms with E-state index < -0.39 is 11.2 Å². The van der Waals surface area contributed by atoms with Crippen molar-refractivity contribution in [2.75, 3.05) is 20.8 Å². The van der Waals surface area contributed by atoms with Crippen LogP contribution in [0.4, 0.5) is 0 Å². The second-order valence-electron chi connectivity index (χ2n) is 6.17. The molecule has 3 rings (SSSR count). The zero-order valence-corrected chi connectivity index (χ0v) is 15.1. The smallest absolute Gasteiger partial charge is 0.209 e. The van der Waals surface area contributed by atoms with Crippen molar-refractivity contribution in [3.8, 4) is 0 Å². The Bertz CT molecular complexity index is 692. The third-order valence-corrected chi connectivity index (χ3v) is 5.06. The zero-order valence-electron chi connectivity index (χ0n) is 15.1. The topological polar surface area (TPSA) is 38.7 Å². The van der Waals surface area contributed by atoms with Gasteiger partial charge in [0.2, 0.25) is 5.79 Å². The van der Waals surface area contributed by atoms with Gasteiger partial charge in [-0.3, -0.25) is 0 Å². The van der Waals surface area contributed by atoms with Crippen molar-refractivity contribution in [1.29, 1.82) is 0 Å². The Labute approximate surface area is 154 Å². The van der Waals surface area contributed by atoms with Crippen LogP contribution in [0.1, 0.15) is 16.7 Å². The molecule has 0 aliphatic heterocycles. The number of rotatable bonds is 7. The normalized spacial score (nSPS) is 12.1. The van der Waals surface area contributed by atoms with Crippen LogP contribution in [0.25, 0.3) is 0 Å². The Balaban J connectivity index is 2.47. The second-order valence-corrected chi connectivity index (χ2v) is 6.17. The van der Waals surface area contributed by atoms with Crippen molar-refractivity contribution in [1.82, 2.24) is 0 Å². The second kappa shape index (κ2) is 7.83. The van der Waals surface area contributed by atoms with Gasteiger partial charge in [0.15, 0.2) is 0 Å². The molecule has 3 nitrogen and oxygen atoms in total. The molecule has 0 saturated carbocycles. The van der Waals surface area contributed by atoms with Crippen molar-refractivity contribution in [2.24, 2.45) is 0 Å². The summed E-state index contributed by atoms with van der Waals surface area (Å²) in [6.45, 7) is -0.307. The molecule has 1 N–H and O–H groups in total. The molecule has 3 aromatic carbocycles. The van der Waals surface area contributed by atoms with Gasteiger partial charge in [-0.15, -0.1) is 0 Å². The van der Waals surface area contributed by atoms with Crippen LogP contribution in [-0.2, 0) is 14.9 Å². The maximum atomic E-state index is 10.4. The van der Waals surface area contributed by atoms with Crippen LogP contribution in [-0.4, -0.2) is 31.7 Å². The summed E-state index contributed by atoms with van der Waals surface area (Å²) in [6.07, 6.45) is 0. The molecule has 3 aromatic rings. The fraction of sp³-hybridized carbons (Fsp3) is 0.217. The van der Waals surface area contributed by atoms with Gasteiger partial charge in [0.25, 0.3) is 0 Å². The van der Waals surface area contributed by atoms with E-state index in [4.69, 9.17) is 9.47 Å². The summed E-state index contributed by atoms with van der Waals surface area (Å²) in [4.78, 5) is 0. The molecule has 0 saturated heterocycles. The molecule has 26 heavy (non-hydrogen) atoms. The van der Waals surface area contributed by atoms with Gasteiger partial charge in [-0.25, -0.2) is 0 Å². The Morgan fingerprint density at radius 3 is 1.15 bits per heavy atom. The maximum absolute atomic E-state index is 10.4. The highest BCUT2D eigenvalue weighted by molar-refractivity contribution is 5.53. The number of aliphatic hydroxyl groups is 1. The molecular formula is C23H24O3. The number of hydrogen-bond acceptors (Lipinski definition) is 3. The van der Waals surface area contributed by atoms with Crippen LogP contribution in [0.5, 0.6) is 0 Å². The lowest BCUT2D eigenvalue weighted by molar-refractivity contribution is -0.252. The van der Waals surface area contributed by atoms with E-state index in [1.165, 1.54) is 0 Å². The highest BCUT2D eigenvalue weighted by atomic mass is 16.7. The Hall–Kier alpha value is -2.46. The summed E-state index contributed by atoms with van der Waals surface area (Å²) in [7, 11) is 3.15. The van der Waals surface area contributed by atoms with E-state index in [0.29, 0.717) is 0 Å². The maximum Gasteiger partial charge on any atom is 0.209 e. The SMILES string of the molecule is COC(CO)(OC)C(c1ccccc1)(c1ccccc1)c1ccccc1. The van der Waals surface area contributed by atoms with E-state index in [0.717, 1.165) is 16.7 Å². The van der Waals surface area contributed by atoms with Gasteiger partial charge in [-0.2, -0.15) is 0 Å². The number of aliphatic hydroxyl groups excluding tert-OH is 1. The fourth-order valence-electron chi connectivity index (χ4n) is 3.86. The Morgan fingerprint density at radius 1 is 0.615 bits per heavy atom. The van der Waals surface area contributed by atoms with Crippen LogP contribution in [0.3, 0.4) is 0 Å². The average Bonchev–Trinajstić information content (AvgIpc) is 2.74. The fourth-order valence-corrected chi connectivity index (χ4v) is 3.86. The molecule has 134 valence electrons. The molecule has 0 bridgehead atoms. The highest BCUT2D eigenvalue weighted by Gasteiger charge is 2.56. The molecule has 0 amide bonds. The minimum absolute atomic E-state index is 0.307. The van der Waals surface area contributed by atoms with Crippen LogP contribution < -0.4 is 0 Å². The summed E-state index contributed by atoms with van der Waals surface area (Å²) in [6, 6.07) is 30.1.